The van der Waals surface area contributed by atoms with Crippen molar-refractivity contribution in [1.29, 1.82) is 0 Å². The van der Waals surface area contributed by atoms with Gasteiger partial charge in [-0.05, 0) is 18.9 Å². The molecule has 0 spiro atoms. The molecule has 1 aromatic heterocycles. The fourth-order valence-electron chi connectivity index (χ4n) is 1.93. The Hall–Kier alpha value is -1.36. The molecule has 96 valence electrons. The van der Waals surface area contributed by atoms with E-state index in [0.717, 1.165) is 17.9 Å². The van der Waals surface area contributed by atoms with Crippen LogP contribution in [0.25, 0.3) is 0 Å². The van der Waals surface area contributed by atoms with Crippen molar-refractivity contribution >= 4 is 5.97 Å². The van der Waals surface area contributed by atoms with E-state index >= 15 is 0 Å². The van der Waals surface area contributed by atoms with Gasteiger partial charge in [-0.15, -0.1) is 0 Å². The summed E-state index contributed by atoms with van der Waals surface area (Å²) in [5.41, 5.74) is 2.01. The lowest BCUT2D eigenvalue weighted by atomic mass is 10.2. The van der Waals surface area contributed by atoms with Crippen molar-refractivity contribution in [3.63, 3.8) is 0 Å². The first-order valence-electron chi connectivity index (χ1n) is 5.82. The van der Waals surface area contributed by atoms with E-state index in [9.17, 15) is 4.79 Å². The van der Waals surface area contributed by atoms with Gasteiger partial charge in [0.2, 0.25) is 0 Å². The number of aliphatic carboxylic acids is 1. The molecule has 0 aliphatic heterocycles. The van der Waals surface area contributed by atoms with Crippen molar-refractivity contribution in [2.24, 2.45) is 13.0 Å². The molecule has 0 unspecified atom stereocenters. The number of carboxylic acid groups (broad SMARTS) is 1. The molecule has 0 atom stereocenters. The molecule has 0 fully saturated rings. The Labute approximate surface area is 102 Å². The summed E-state index contributed by atoms with van der Waals surface area (Å²) in [5.74, 6) is -0.340. The quantitative estimate of drug-likeness (QED) is 0.812. The summed E-state index contributed by atoms with van der Waals surface area (Å²) >= 11 is 0. The summed E-state index contributed by atoms with van der Waals surface area (Å²) in [7, 11) is 1.89. The number of hydrogen-bond acceptors (Lipinski definition) is 3. The van der Waals surface area contributed by atoms with Crippen LogP contribution in [0.3, 0.4) is 0 Å². The maximum atomic E-state index is 10.8. The van der Waals surface area contributed by atoms with Gasteiger partial charge in [0.1, 0.15) is 0 Å². The van der Waals surface area contributed by atoms with Crippen LogP contribution in [-0.2, 0) is 18.4 Å². The van der Waals surface area contributed by atoms with Crippen molar-refractivity contribution in [2.45, 2.75) is 27.3 Å². The molecular formula is C12H21N3O2. The van der Waals surface area contributed by atoms with Gasteiger partial charge in [0, 0.05) is 20.1 Å². The summed E-state index contributed by atoms with van der Waals surface area (Å²) in [5, 5.41) is 13.2. The van der Waals surface area contributed by atoms with Crippen molar-refractivity contribution in [2.75, 3.05) is 13.1 Å². The van der Waals surface area contributed by atoms with Crippen LogP contribution in [0.5, 0.6) is 0 Å². The van der Waals surface area contributed by atoms with Gasteiger partial charge in [-0.3, -0.25) is 14.4 Å². The number of carbonyl (C=O) groups is 1. The van der Waals surface area contributed by atoms with Crippen LogP contribution in [-0.4, -0.2) is 38.8 Å². The van der Waals surface area contributed by atoms with Gasteiger partial charge in [0.15, 0.2) is 0 Å². The Kier molecular flexibility index (Phi) is 4.69. The molecule has 0 radical (unpaired) electrons. The first-order chi connectivity index (χ1) is 7.88. The third-order valence-electron chi connectivity index (χ3n) is 2.47. The Morgan fingerprint density at radius 3 is 2.65 bits per heavy atom. The van der Waals surface area contributed by atoms with Gasteiger partial charge in [-0.2, -0.15) is 5.10 Å². The zero-order valence-corrected chi connectivity index (χ0v) is 11.0. The van der Waals surface area contributed by atoms with Crippen LogP contribution in [0.15, 0.2) is 6.07 Å². The van der Waals surface area contributed by atoms with Gasteiger partial charge >= 0.3 is 5.97 Å². The molecule has 0 aliphatic carbocycles. The molecule has 0 amide bonds. The minimum absolute atomic E-state index is 0.0718. The average Bonchev–Trinajstić information content (AvgIpc) is 2.42. The highest BCUT2D eigenvalue weighted by molar-refractivity contribution is 5.69. The monoisotopic (exact) mass is 239 g/mol. The van der Waals surface area contributed by atoms with Crippen LogP contribution in [0.1, 0.15) is 25.2 Å². The fraction of sp³-hybridized carbons (Fsp3) is 0.667. The largest absolute Gasteiger partial charge is 0.480 e. The standard InChI is InChI=1S/C12H21N3O2/c1-9(2)6-15(8-12(16)17)7-11-5-10(3)13-14(11)4/h5,9H,6-8H2,1-4H3,(H,16,17). The van der Waals surface area contributed by atoms with E-state index in [1.165, 1.54) is 0 Å². The summed E-state index contributed by atoms with van der Waals surface area (Å²) in [6.45, 7) is 7.58. The van der Waals surface area contributed by atoms with Gasteiger partial charge in [0.05, 0.1) is 17.9 Å². The molecule has 0 saturated heterocycles. The molecule has 1 aromatic rings. The number of aromatic nitrogens is 2. The smallest absolute Gasteiger partial charge is 0.317 e. The topological polar surface area (TPSA) is 58.4 Å². The molecule has 5 nitrogen and oxygen atoms in total. The lowest BCUT2D eigenvalue weighted by Crippen LogP contribution is -2.33. The molecule has 1 heterocycles. The van der Waals surface area contributed by atoms with Gasteiger partial charge < -0.3 is 5.11 Å². The average molecular weight is 239 g/mol. The third-order valence-corrected chi connectivity index (χ3v) is 2.47. The van der Waals surface area contributed by atoms with Crippen molar-refractivity contribution in [3.05, 3.63) is 17.5 Å². The number of nitrogens with zero attached hydrogens (tertiary/aromatic N) is 3. The molecule has 0 saturated carbocycles. The summed E-state index contributed by atoms with van der Waals surface area (Å²) < 4.78 is 1.81. The molecule has 1 rings (SSSR count). The molecule has 0 bridgehead atoms. The van der Waals surface area contributed by atoms with Crippen LogP contribution >= 0.6 is 0 Å². The Morgan fingerprint density at radius 2 is 2.24 bits per heavy atom. The minimum Gasteiger partial charge on any atom is -0.480 e. The van der Waals surface area contributed by atoms with E-state index in [0.29, 0.717) is 12.5 Å². The predicted molar refractivity (Wildman–Crippen MR) is 65.7 cm³/mol. The summed E-state index contributed by atoms with van der Waals surface area (Å²) in [6.07, 6.45) is 0. The van der Waals surface area contributed by atoms with Crippen molar-refractivity contribution in [1.82, 2.24) is 14.7 Å². The second-order valence-electron chi connectivity index (χ2n) is 4.86. The van der Waals surface area contributed by atoms with E-state index in [2.05, 4.69) is 18.9 Å². The number of aryl methyl sites for hydroxylation is 2. The zero-order chi connectivity index (χ0) is 13.0. The van der Waals surface area contributed by atoms with E-state index < -0.39 is 5.97 Å². The molecule has 1 N–H and O–H groups in total. The Balaban J connectivity index is 2.71. The van der Waals surface area contributed by atoms with Crippen LogP contribution in [0.2, 0.25) is 0 Å². The first-order valence-corrected chi connectivity index (χ1v) is 5.82. The lowest BCUT2D eigenvalue weighted by molar-refractivity contribution is -0.138. The van der Waals surface area contributed by atoms with Crippen LogP contribution in [0.4, 0.5) is 0 Å². The van der Waals surface area contributed by atoms with Gasteiger partial charge in [-0.1, -0.05) is 13.8 Å². The minimum atomic E-state index is -0.787. The summed E-state index contributed by atoms with van der Waals surface area (Å²) in [4.78, 5) is 12.7. The van der Waals surface area contributed by atoms with Crippen LogP contribution < -0.4 is 0 Å². The summed E-state index contributed by atoms with van der Waals surface area (Å²) in [6, 6.07) is 2.00. The van der Waals surface area contributed by atoms with E-state index in [1.807, 2.05) is 29.6 Å². The second-order valence-corrected chi connectivity index (χ2v) is 4.86. The highest BCUT2D eigenvalue weighted by atomic mass is 16.4. The Bertz CT molecular complexity index is 385. The third kappa shape index (κ3) is 4.56. The van der Waals surface area contributed by atoms with Crippen molar-refractivity contribution in [3.8, 4) is 0 Å². The maximum absolute atomic E-state index is 10.8. The molecule has 0 aliphatic rings. The SMILES string of the molecule is Cc1cc(CN(CC(=O)O)CC(C)C)n(C)n1. The highest BCUT2D eigenvalue weighted by Gasteiger charge is 2.14. The molecule has 0 aromatic carbocycles. The second kappa shape index (κ2) is 5.82. The maximum Gasteiger partial charge on any atom is 0.317 e. The normalized spacial score (nSPS) is 11.4. The zero-order valence-electron chi connectivity index (χ0n) is 11.0. The highest BCUT2D eigenvalue weighted by Crippen LogP contribution is 2.08. The first kappa shape index (κ1) is 13.7. The number of hydrogen-bond donors (Lipinski definition) is 1. The Morgan fingerprint density at radius 1 is 1.59 bits per heavy atom. The van der Waals surface area contributed by atoms with E-state index in [1.54, 1.807) is 0 Å². The molecule has 5 heteroatoms. The van der Waals surface area contributed by atoms with Gasteiger partial charge in [-0.25, -0.2) is 0 Å². The predicted octanol–water partition coefficient (Wildman–Crippen LogP) is 1.27. The lowest BCUT2D eigenvalue weighted by Gasteiger charge is -2.22. The van der Waals surface area contributed by atoms with E-state index in [4.69, 9.17) is 5.11 Å². The van der Waals surface area contributed by atoms with Crippen molar-refractivity contribution < 1.29 is 9.90 Å². The molecule has 17 heavy (non-hydrogen) atoms. The number of rotatable bonds is 6. The van der Waals surface area contributed by atoms with Gasteiger partial charge in [0.25, 0.3) is 0 Å². The number of carboxylic acids is 1. The van der Waals surface area contributed by atoms with Crippen LogP contribution in [0, 0.1) is 12.8 Å². The molecular weight excluding hydrogens is 218 g/mol. The van der Waals surface area contributed by atoms with E-state index in [-0.39, 0.29) is 6.54 Å². The fourth-order valence-corrected chi connectivity index (χ4v) is 1.93.